The van der Waals surface area contributed by atoms with Crippen LogP contribution in [-0.4, -0.2) is 19.9 Å². The number of aromatic amines is 1. The van der Waals surface area contributed by atoms with Crippen molar-refractivity contribution < 1.29 is 4.79 Å². The highest BCUT2D eigenvalue weighted by atomic mass is 16.2. The number of H-pyrrole nitrogens is 1. The van der Waals surface area contributed by atoms with E-state index < -0.39 is 5.69 Å². The number of carbonyl (C=O) groups excluding carboxylic acids is 1. The highest BCUT2D eigenvalue weighted by Crippen LogP contribution is 2.13. The monoisotopic (exact) mass is 297 g/mol. The SMILES string of the molecule is CCn1c(=O)c2cc(C(=O)c3ccccc3)[nH]c2n(C)c1=O. The molecule has 0 radical (unpaired) electrons. The number of ketones is 1. The second-order valence-electron chi connectivity index (χ2n) is 5.03. The molecular weight excluding hydrogens is 282 g/mol. The van der Waals surface area contributed by atoms with Crippen LogP contribution in [0.2, 0.25) is 0 Å². The van der Waals surface area contributed by atoms with Crippen molar-refractivity contribution in [3.05, 3.63) is 68.5 Å². The molecule has 0 saturated heterocycles. The molecule has 2 aromatic heterocycles. The smallest absolute Gasteiger partial charge is 0.332 e. The summed E-state index contributed by atoms with van der Waals surface area (Å²) in [6.07, 6.45) is 0. The van der Waals surface area contributed by atoms with Gasteiger partial charge in [0, 0.05) is 19.2 Å². The molecule has 0 aliphatic rings. The Hall–Kier alpha value is -2.89. The lowest BCUT2D eigenvalue weighted by Crippen LogP contribution is -2.38. The van der Waals surface area contributed by atoms with Gasteiger partial charge in [0.25, 0.3) is 5.56 Å². The van der Waals surface area contributed by atoms with E-state index in [0.29, 0.717) is 22.3 Å². The van der Waals surface area contributed by atoms with Crippen molar-refractivity contribution in [2.24, 2.45) is 7.05 Å². The van der Waals surface area contributed by atoms with Crippen molar-refractivity contribution in [3.8, 4) is 0 Å². The van der Waals surface area contributed by atoms with E-state index in [4.69, 9.17) is 0 Å². The zero-order chi connectivity index (χ0) is 15.9. The molecule has 3 aromatic rings. The molecule has 0 aliphatic carbocycles. The number of hydrogen-bond donors (Lipinski definition) is 1. The zero-order valence-corrected chi connectivity index (χ0v) is 12.3. The van der Waals surface area contributed by atoms with Gasteiger partial charge in [-0.3, -0.25) is 18.7 Å². The standard InChI is InChI=1S/C16H15N3O3/c1-3-19-15(21)11-9-12(17-14(11)18(2)16(19)22)13(20)10-7-5-4-6-8-10/h4-9,17H,3H2,1-2H3. The van der Waals surface area contributed by atoms with E-state index in [1.54, 1.807) is 38.2 Å². The molecule has 3 rings (SSSR count). The molecule has 1 N–H and O–H groups in total. The predicted octanol–water partition coefficient (Wildman–Crippen LogP) is 1.28. The minimum Gasteiger partial charge on any atom is -0.338 e. The second-order valence-corrected chi connectivity index (χ2v) is 5.03. The van der Waals surface area contributed by atoms with E-state index in [0.717, 1.165) is 4.57 Å². The fraction of sp³-hybridized carbons (Fsp3) is 0.188. The third kappa shape index (κ3) is 2.00. The molecule has 22 heavy (non-hydrogen) atoms. The molecule has 6 nitrogen and oxygen atoms in total. The van der Waals surface area contributed by atoms with E-state index in [2.05, 4.69) is 4.98 Å². The number of benzene rings is 1. The summed E-state index contributed by atoms with van der Waals surface area (Å²) in [6.45, 7) is 2.02. The highest BCUT2D eigenvalue weighted by molar-refractivity contribution is 6.09. The Bertz CT molecular complexity index is 978. The maximum atomic E-state index is 12.5. The molecule has 0 aliphatic heterocycles. The molecule has 2 heterocycles. The Balaban J connectivity index is 2.25. The molecule has 112 valence electrons. The molecule has 0 unspecified atom stereocenters. The van der Waals surface area contributed by atoms with Crippen molar-refractivity contribution in [1.29, 1.82) is 0 Å². The van der Waals surface area contributed by atoms with E-state index in [1.807, 2.05) is 6.07 Å². The average Bonchev–Trinajstić information content (AvgIpc) is 2.99. The van der Waals surface area contributed by atoms with Gasteiger partial charge in [0.2, 0.25) is 5.78 Å². The van der Waals surface area contributed by atoms with Gasteiger partial charge in [0.1, 0.15) is 5.65 Å². The number of hydrogen-bond acceptors (Lipinski definition) is 3. The first-order valence-corrected chi connectivity index (χ1v) is 6.97. The van der Waals surface area contributed by atoms with E-state index in [9.17, 15) is 14.4 Å². The van der Waals surface area contributed by atoms with Gasteiger partial charge < -0.3 is 4.98 Å². The molecule has 0 amide bonds. The molecule has 6 heteroatoms. The Morgan fingerprint density at radius 2 is 1.86 bits per heavy atom. The first-order chi connectivity index (χ1) is 10.5. The van der Waals surface area contributed by atoms with E-state index >= 15 is 0 Å². The molecule has 0 spiro atoms. The van der Waals surface area contributed by atoms with E-state index in [-0.39, 0.29) is 17.9 Å². The van der Waals surface area contributed by atoms with Gasteiger partial charge in [0.15, 0.2) is 0 Å². The van der Waals surface area contributed by atoms with Gasteiger partial charge in [-0.2, -0.15) is 0 Å². The van der Waals surface area contributed by atoms with Crippen LogP contribution in [0.25, 0.3) is 11.0 Å². The van der Waals surface area contributed by atoms with Crippen LogP contribution in [0, 0.1) is 0 Å². The summed E-state index contributed by atoms with van der Waals surface area (Å²) < 4.78 is 2.49. The first kappa shape index (κ1) is 14.1. The summed E-state index contributed by atoms with van der Waals surface area (Å²) >= 11 is 0. The quantitative estimate of drug-likeness (QED) is 0.740. The summed E-state index contributed by atoms with van der Waals surface area (Å²) in [6, 6.07) is 10.3. The summed E-state index contributed by atoms with van der Waals surface area (Å²) in [5.74, 6) is -0.216. The minimum atomic E-state index is -0.402. The molecule has 0 atom stereocenters. The lowest BCUT2D eigenvalue weighted by Gasteiger charge is -2.05. The zero-order valence-electron chi connectivity index (χ0n) is 12.3. The third-order valence-electron chi connectivity index (χ3n) is 3.72. The summed E-state index contributed by atoms with van der Waals surface area (Å²) in [4.78, 5) is 39.8. The number of aromatic nitrogens is 3. The number of nitrogens with zero attached hydrogens (tertiary/aromatic N) is 2. The number of fused-ring (bicyclic) bond motifs is 1. The Morgan fingerprint density at radius 3 is 2.50 bits per heavy atom. The van der Waals surface area contributed by atoms with Crippen LogP contribution in [0.5, 0.6) is 0 Å². The van der Waals surface area contributed by atoms with Crippen LogP contribution in [0.1, 0.15) is 23.0 Å². The Kier molecular flexibility index (Phi) is 3.29. The highest BCUT2D eigenvalue weighted by Gasteiger charge is 2.17. The fourth-order valence-electron chi connectivity index (χ4n) is 2.53. The summed E-state index contributed by atoms with van der Waals surface area (Å²) in [5, 5.41) is 0.336. The predicted molar refractivity (Wildman–Crippen MR) is 83.3 cm³/mol. The maximum absolute atomic E-state index is 12.5. The van der Waals surface area contributed by atoms with Gasteiger partial charge in [-0.1, -0.05) is 30.3 Å². The van der Waals surface area contributed by atoms with Crippen molar-refractivity contribution in [1.82, 2.24) is 14.1 Å². The Morgan fingerprint density at radius 1 is 1.18 bits per heavy atom. The molecule has 0 bridgehead atoms. The molecule has 0 fully saturated rings. The maximum Gasteiger partial charge on any atom is 0.332 e. The second kappa shape index (κ2) is 5.14. The first-order valence-electron chi connectivity index (χ1n) is 6.97. The fourth-order valence-corrected chi connectivity index (χ4v) is 2.53. The van der Waals surface area contributed by atoms with Gasteiger partial charge in [-0.25, -0.2) is 4.79 Å². The molecule has 0 saturated carbocycles. The largest absolute Gasteiger partial charge is 0.338 e. The lowest BCUT2D eigenvalue weighted by atomic mass is 10.1. The van der Waals surface area contributed by atoms with Crippen LogP contribution in [0.15, 0.2) is 46.0 Å². The van der Waals surface area contributed by atoms with Crippen LogP contribution in [-0.2, 0) is 13.6 Å². The lowest BCUT2D eigenvalue weighted by molar-refractivity contribution is 0.103. The summed E-state index contributed by atoms with van der Waals surface area (Å²) in [7, 11) is 1.57. The van der Waals surface area contributed by atoms with Gasteiger partial charge in [-0.15, -0.1) is 0 Å². The minimum absolute atomic E-state index is 0.216. The van der Waals surface area contributed by atoms with Crippen molar-refractivity contribution >= 4 is 16.8 Å². The van der Waals surface area contributed by atoms with Gasteiger partial charge in [0.05, 0.1) is 11.1 Å². The van der Waals surface area contributed by atoms with Crippen molar-refractivity contribution in [3.63, 3.8) is 0 Å². The number of carbonyl (C=O) groups is 1. The van der Waals surface area contributed by atoms with Crippen molar-refractivity contribution in [2.75, 3.05) is 0 Å². The van der Waals surface area contributed by atoms with E-state index in [1.165, 1.54) is 10.6 Å². The van der Waals surface area contributed by atoms with Crippen LogP contribution in [0.4, 0.5) is 0 Å². The van der Waals surface area contributed by atoms with Crippen LogP contribution in [0.3, 0.4) is 0 Å². The van der Waals surface area contributed by atoms with Crippen molar-refractivity contribution in [2.45, 2.75) is 13.5 Å². The average molecular weight is 297 g/mol. The Labute approximate surface area is 125 Å². The van der Waals surface area contributed by atoms with Gasteiger partial charge in [-0.05, 0) is 13.0 Å². The summed E-state index contributed by atoms with van der Waals surface area (Å²) in [5.41, 5.74) is 0.389. The van der Waals surface area contributed by atoms with Crippen LogP contribution < -0.4 is 11.2 Å². The number of nitrogens with one attached hydrogen (secondary N) is 1. The van der Waals surface area contributed by atoms with Crippen LogP contribution >= 0.6 is 0 Å². The normalized spacial score (nSPS) is 11.0. The topological polar surface area (TPSA) is 76.9 Å². The molecule has 1 aromatic carbocycles. The number of rotatable bonds is 3. The van der Waals surface area contributed by atoms with Gasteiger partial charge >= 0.3 is 5.69 Å². The third-order valence-corrected chi connectivity index (χ3v) is 3.72. The number of aryl methyl sites for hydroxylation is 1. The molecular formula is C16H15N3O3.